The van der Waals surface area contributed by atoms with E-state index < -0.39 is 5.60 Å². The summed E-state index contributed by atoms with van der Waals surface area (Å²) in [7, 11) is 1.72. The highest BCUT2D eigenvalue weighted by Crippen LogP contribution is 2.74. The number of hydrogen-bond acceptors (Lipinski definition) is 6. The summed E-state index contributed by atoms with van der Waals surface area (Å²) in [5.41, 5.74) is -0.624. The van der Waals surface area contributed by atoms with Gasteiger partial charge in [-0.2, -0.15) is 0 Å². The van der Waals surface area contributed by atoms with E-state index in [1.165, 1.54) is 6.42 Å². The molecule has 1 unspecified atom stereocenters. The number of hydrogen-bond donors (Lipinski definition) is 0. The Morgan fingerprint density at radius 1 is 1.00 bits per heavy atom. The number of carbonyl (C=O) groups excluding carboxylic acids is 2. The van der Waals surface area contributed by atoms with Crippen LogP contribution in [-0.2, 0) is 28.5 Å². The van der Waals surface area contributed by atoms with Crippen LogP contribution in [0, 0.1) is 40.4 Å². The number of ketones is 1. The van der Waals surface area contributed by atoms with E-state index in [4.69, 9.17) is 18.9 Å². The molecule has 0 radical (unpaired) electrons. The van der Waals surface area contributed by atoms with Crippen molar-refractivity contribution in [2.24, 2.45) is 40.4 Å². The Hall–Kier alpha value is -1.24. The van der Waals surface area contributed by atoms with Crippen molar-refractivity contribution >= 4 is 11.8 Å². The first kappa shape index (κ1) is 22.9. The van der Waals surface area contributed by atoms with E-state index in [0.29, 0.717) is 48.1 Å². The number of ether oxygens (including phenoxy) is 4. The van der Waals surface area contributed by atoms with E-state index in [1.54, 1.807) is 7.11 Å². The smallest absolute Gasteiger partial charge is 0.336 e. The molecule has 0 aromatic carbocycles. The Labute approximate surface area is 208 Å². The van der Waals surface area contributed by atoms with E-state index in [9.17, 15) is 9.59 Å². The molecule has 6 nitrogen and oxygen atoms in total. The Balaban J connectivity index is 1.17. The zero-order valence-corrected chi connectivity index (χ0v) is 21.6. The third-order valence-electron chi connectivity index (χ3n) is 12.6. The summed E-state index contributed by atoms with van der Waals surface area (Å²) in [6.07, 6.45) is 7.83. The molecule has 6 heteroatoms. The zero-order chi connectivity index (χ0) is 24.5. The van der Waals surface area contributed by atoms with E-state index in [2.05, 4.69) is 20.4 Å². The highest BCUT2D eigenvalue weighted by atomic mass is 16.6. The predicted octanol–water partition coefficient (Wildman–Crippen LogP) is 4.25. The normalized spacial score (nSPS) is 58.6. The second-order valence-electron chi connectivity index (χ2n) is 13.6. The highest BCUT2D eigenvalue weighted by Gasteiger charge is 2.79. The van der Waals surface area contributed by atoms with Gasteiger partial charge in [0.2, 0.25) is 0 Å². The minimum absolute atomic E-state index is 0.00638. The number of methoxy groups -OCH3 is 1. The maximum atomic E-state index is 13.7. The molecule has 35 heavy (non-hydrogen) atoms. The number of carbonyl (C=O) groups is 2. The van der Waals surface area contributed by atoms with Gasteiger partial charge in [0.15, 0.2) is 0 Å². The quantitative estimate of drug-likeness (QED) is 0.331. The van der Waals surface area contributed by atoms with Crippen LogP contribution in [0.2, 0.25) is 0 Å². The van der Waals surface area contributed by atoms with Crippen LogP contribution in [0.25, 0.3) is 0 Å². The van der Waals surface area contributed by atoms with Crippen LogP contribution in [0.4, 0.5) is 0 Å². The molecule has 12 atom stereocenters. The summed E-state index contributed by atoms with van der Waals surface area (Å²) in [6, 6.07) is 0. The molecule has 0 aromatic rings. The second kappa shape index (κ2) is 6.99. The molecular formula is C29H40O6. The third kappa shape index (κ3) is 2.67. The molecule has 4 aliphatic carbocycles. The molecule has 7 fully saturated rings. The molecule has 0 amide bonds. The van der Waals surface area contributed by atoms with Gasteiger partial charge in [0, 0.05) is 32.3 Å². The van der Waals surface area contributed by atoms with Gasteiger partial charge >= 0.3 is 5.97 Å². The van der Waals surface area contributed by atoms with Crippen molar-refractivity contribution in [2.75, 3.05) is 13.7 Å². The maximum absolute atomic E-state index is 13.7. The number of Topliss-reactive ketones (excluding diaryl/α,β-unsaturated/α-hetero) is 1. The van der Waals surface area contributed by atoms with Gasteiger partial charge in [-0.15, -0.1) is 0 Å². The highest BCUT2D eigenvalue weighted by molar-refractivity contribution is 5.91. The molecule has 1 spiro atoms. The van der Waals surface area contributed by atoms with Gasteiger partial charge in [0.1, 0.15) is 23.1 Å². The molecule has 4 saturated carbocycles. The fourth-order valence-corrected chi connectivity index (χ4v) is 10.5. The minimum atomic E-state index is -0.584. The first-order valence-corrected chi connectivity index (χ1v) is 13.9. The molecular weight excluding hydrogens is 444 g/mol. The predicted molar refractivity (Wildman–Crippen MR) is 127 cm³/mol. The summed E-state index contributed by atoms with van der Waals surface area (Å²) in [5.74, 6) is 2.29. The topological polar surface area (TPSA) is 74.4 Å². The lowest BCUT2D eigenvalue weighted by molar-refractivity contribution is -0.201. The van der Waals surface area contributed by atoms with Crippen LogP contribution in [0.5, 0.6) is 0 Å². The van der Waals surface area contributed by atoms with E-state index in [-0.39, 0.29) is 46.6 Å². The van der Waals surface area contributed by atoms with E-state index in [0.717, 1.165) is 38.5 Å². The summed E-state index contributed by atoms with van der Waals surface area (Å²) in [5, 5.41) is 0. The monoisotopic (exact) mass is 484 g/mol. The lowest BCUT2D eigenvalue weighted by Crippen LogP contribution is -2.63. The summed E-state index contributed by atoms with van der Waals surface area (Å²) in [6.45, 7) is 11.3. The average molecular weight is 485 g/mol. The van der Waals surface area contributed by atoms with Crippen LogP contribution in [0.3, 0.4) is 0 Å². The van der Waals surface area contributed by atoms with Gasteiger partial charge in [-0.25, -0.2) is 4.79 Å². The summed E-state index contributed by atoms with van der Waals surface area (Å²) >= 11 is 0. The number of epoxide rings is 1. The summed E-state index contributed by atoms with van der Waals surface area (Å²) < 4.78 is 24.4. The first-order valence-electron chi connectivity index (χ1n) is 13.9. The van der Waals surface area contributed by atoms with Crippen molar-refractivity contribution in [1.29, 1.82) is 0 Å². The Bertz CT molecular complexity index is 1010. The van der Waals surface area contributed by atoms with Crippen molar-refractivity contribution < 1.29 is 28.5 Å². The van der Waals surface area contributed by atoms with Crippen molar-refractivity contribution in [2.45, 2.75) is 102 Å². The van der Waals surface area contributed by atoms with Crippen LogP contribution in [0.1, 0.15) is 72.1 Å². The number of esters is 1. The van der Waals surface area contributed by atoms with Crippen molar-refractivity contribution in [1.82, 2.24) is 0 Å². The largest absolute Gasteiger partial charge is 0.458 e. The molecule has 0 aromatic heterocycles. The van der Waals surface area contributed by atoms with Gasteiger partial charge in [0.25, 0.3) is 0 Å². The molecule has 7 rings (SSSR count). The first-order chi connectivity index (χ1) is 16.6. The minimum Gasteiger partial charge on any atom is -0.458 e. The third-order valence-corrected chi connectivity index (χ3v) is 12.6. The molecule has 3 aliphatic heterocycles. The maximum Gasteiger partial charge on any atom is 0.336 e. The fraction of sp³-hybridized carbons (Fsp3) is 0.862. The van der Waals surface area contributed by atoms with Crippen molar-refractivity contribution in [3.63, 3.8) is 0 Å². The van der Waals surface area contributed by atoms with Gasteiger partial charge < -0.3 is 18.9 Å². The lowest BCUT2D eigenvalue weighted by atomic mass is 9.44. The van der Waals surface area contributed by atoms with Crippen LogP contribution in [0.15, 0.2) is 12.2 Å². The van der Waals surface area contributed by atoms with Crippen LogP contribution >= 0.6 is 0 Å². The van der Waals surface area contributed by atoms with Gasteiger partial charge in [-0.05, 0) is 75.0 Å². The number of rotatable bonds is 2. The molecule has 192 valence electrons. The Morgan fingerprint density at radius 2 is 1.74 bits per heavy atom. The van der Waals surface area contributed by atoms with E-state index in [1.807, 2.05) is 6.92 Å². The van der Waals surface area contributed by atoms with Gasteiger partial charge in [0.05, 0.1) is 29.8 Å². The molecule has 2 bridgehead atoms. The van der Waals surface area contributed by atoms with E-state index >= 15 is 0 Å². The summed E-state index contributed by atoms with van der Waals surface area (Å²) in [4.78, 5) is 26.2. The fourth-order valence-electron chi connectivity index (χ4n) is 10.5. The Kier molecular flexibility index (Phi) is 4.58. The lowest BCUT2D eigenvalue weighted by Gasteiger charge is -2.59. The molecule has 3 saturated heterocycles. The second-order valence-corrected chi connectivity index (χ2v) is 13.6. The Morgan fingerprint density at radius 3 is 2.49 bits per heavy atom. The molecule has 3 heterocycles. The van der Waals surface area contributed by atoms with Crippen molar-refractivity contribution in [3.8, 4) is 0 Å². The molecule has 0 N–H and O–H groups in total. The average Bonchev–Trinajstić information content (AvgIpc) is 3.41. The molecule has 7 aliphatic rings. The van der Waals surface area contributed by atoms with Crippen molar-refractivity contribution in [3.05, 3.63) is 12.2 Å². The van der Waals surface area contributed by atoms with Crippen LogP contribution < -0.4 is 0 Å². The standard InChI is InChI=1S/C29H40O6/c1-15-25(31)34-22-13-27(15,3)33-14-18(22)20-7-6-19-17-11-24-29(35-24)12-16(32-5)10-23(30)28(29,4)21(17)8-9-26(19,20)2/h16-22,24H,1,6-14H2,2-5H3/t16-,17-,18-,19-,20+,21-,22?,24+,26-,27+,28-,29+/m0/s1. The van der Waals surface area contributed by atoms with Crippen LogP contribution in [-0.4, -0.2) is 55.0 Å². The zero-order valence-electron chi connectivity index (χ0n) is 21.6. The van der Waals surface area contributed by atoms with Gasteiger partial charge in [-0.1, -0.05) is 13.5 Å². The SMILES string of the molecule is C=C1C(=O)OC2C[C@@]1(C)OC[C@H]2[C@H]1CC[C@H]2[C@@H]3C[C@H]4O[C@]45C[C@@H](OC)CC(=O)[C@]5(C)[C@H]3CC[C@]12C. The van der Waals surface area contributed by atoms with Gasteiger partial charge in [-0.3, -0.25) is 4.79 Å². The number of fused-ring (bicyclic) bond motifs is 6.